The van der Waals surface area contributed by atoms with Crippen molar-refractivity contribution in [3.63, 3.8) is 0 Å². The molecule has 0 aliphatic carbocycles. The first-order valence-corrected chi connectivity index (χ1v) is 6.53. The molecule has 7 heteroatoms. The number of hydrogen-bond donors (Lipinski definition) is 1. The van der Waals surface area contributed by atoms with E-state index in [0.29, 0.717) is 6.54 Å². The summed E-state index contributed by atoms with van der Waals surface area (Å²) in [5, 5.41) is 13.9. The summed E-state index contributed by atoms with van der Waals surface area (Å²) in [4.78, 5) is 14.4. The molecule has 0 saturated heterocycles. The molecule has 0 unspecified atom stereocenters. The molecule has 0 aliphatic rings. The van der Waals surface area contributed by atoms with Gasteiger partial charge in [0.25, 0.3) is 0 Å². The van der Waals surface area contributed by atoms with E-state index >= 15 is 0 Å². The van der Waals surface area contributed by atoms with E-state index in [1.54, 1.807) is 0 Å². The molecule has 0 aliphatic heterocycles. The Morgan fingerprint density at radius 3 is 2.79 bits per heavy atom. The zero-order valence-corrected chi connectivity index (χ0v) is 12.0. The molecule has 2 rings (SSSR count). The molecule has 0 saturated carbocycles. The standard InChI is InChI=1S/C12H9BrClN3O2/c13-9-4-2-1-3-8(9)7-16-12-11(17(18)19)10(14)5-6-15-12/h1-6H,7H2,(H,15,16). The number of nitrogens with one attached hydrogen (secondary N) is 1. The summed E-state index contributed by atoms with van der Waals surface area (Å²) in [7, 11) is 0. The predicted molar refractivity (Wildman–Crippen MR) is 77.4 cm³/mol. The number of rotatable bonds is 4. The second-order valence-corrected chi connectivity index (χ2v) is 4.95. The maximum absolute atomic E-state index is 11.0. The topological polar surface area (TPSA) is 68.1 Å². The van der Waals surface area contributed by atoms with Crippen LogP contribution in [-0.2, 0) is 6.54 Å². The normalized spacial score (nSPS) is 10.2. The molecule has 1 N–H and O–H groups in total. The molecular formula is C12H9BrClN3O2. The Bertz CT molecular complexity index is 622. The molecule has 1 aromatic carbocycles. The van der Waals surface area contributed by atoms with Crippen LogP contribution in [-0.4, -0.2) is 9.91 Å². The second kappa shape index (κ2) is 5.99. The van der Waals surface area contributed by atoms with Crippen molar-refractivity contribution in [2.24, 2.45) is 0 Å². The highest BCUT2D eigenvalue weighted by Gasteiger charge is 2.19. The SMILES string of the molecule is O=[N+]([O-])c1c(Cl)ccnc1NCc1ccccc1Br. The number of aromatic nitrogens is 1. The molecule has 98 valence electrons. The van der Waals surface area contributed by atoms with Gasteiger partial charge in [-0.2, -0.15) is 0 Å². The molecule has 0 fully saturated rings. The van der Waals surface area contributed by atoms with Crippen LogP contribution in [0.25, 0.3) is 0 Å². The van der Waals surface area contributed by atoms with Crippen LogP contribution in [0.5, 0.6) is 0 Å². The summed E-state index contributed by atoms with van der Waals surface area (Å²) in [5.74, 6) is 0.160. The second-order valence-electron chi connectivity index (χ2n) is 3.69. The number of benzene rings is 1. The first kappa shape index (κ1) is 13.8. The Labute approximate surface area is 122 Å². The predicted octanol–water partition coefficient (Wildman–Crippen LogP) is 4.02. The number of pyridine rings is 1. The summed E-state index contributed by atoms with van der Waals surface area (Å²) in [5.41, 5.74) is 0.759. The van der Waals surface area contributed by atoms with Crippen LogP contribution in [0.2, 0.25) is 5.02 Å². The molecule has 1 heterocycles. The highest BCUT2D eigenvalue weighted by atomic mass is 79.9. The van der Waals surface area contributed by atoms with E-state index < -0.39 is 4.92 Å². The van der Waals surface area contributed by atoms with Gasteiger partial charge in [-0.3, -0.25) is 10.1 Å². The Morgan fingerprint density at radius 1 is 1.37 bits per heavy atom. The van der Waals surface area contributed by atoms with E-state index in [1.807, 2.05) is 24.3 Å². The average molecular weight is 343 g/mol. The van der Waals surface area contributed by atoms with Crippen LogP contribution < -0.4 is 5.32 Å². The quantitative estimate of drug-likeness (QED) is 0.673. The van der Waals surface area contributed by atoms with Gasteiger partial charge in [-0.1, -0.05) is 45.7 Å². The number of hydrogen-bond acceptors (Lipinski definition) is 4. The monoisotopic (exact) mass is 341 g/mol. The fourth-order valence-electron chi connectivity index (χ4n) is 1.55. The Kier molecular flexibility index (Phi) is 4.34. The first-order valence-electron chi connectivity index (χ1n) is 5.35. The van der Waals surface area contributed by atoms with E-state index in [-0.39, 0.29) is 16.5 Å². The van der Waals surface area contributed by atoms with Crippen molar-refractivity contribution in [3.05, 3.63) is 61.7 Å². The van der Waals surface area contributed by atoms with Gasteiger partial charge in [-0.05, 0) is 17.7 Å². The van der Waals surface area contributed by atoms with Crippen LogP contribution in [0.1, 0.15) is 5.56 Å². The lowest BCUT2D eigenvalue weighted by Gasteiger charge is -2.08. The lowest BCUT2D eigenvalue weighted by Crippen LogP contribution is -2.05. The van der Waals surface area contributed by atoms with Crippen molar-refractivity contribution in [1.29, 1.82) is 0 Å². The van der Waals surface area contributed by atoms with E-state index in [1.165, 1.54) is 12.3 Å². The van der Waals surface area contributed by atoms with Crippen LogP contribution in [0.4, 0.5) is 11.5 Å². The summed E-state index contributed by atoms with van der Waals surface area (Å²) < 4.78 is 0.923. The van der Waals surface area contributed by atoms with Gasteiger partial charge in [-0.25, -0.2) is 4.98 Å². The van der Waals surface area contributed by atoms with Gasteiger partial charge in [0.1, 0.15) is 5.02 Å². The Balaban J connectivity index is 2.23. The van der Waals surface area contributed by atoms with Crippen molar-refractivity contribution in [3.8, 4) is 0 Å². The van der Waals surface area contributed by atoms with Gasteiger partial charge in [0, 0.05) is 17.2 Å². The molecule has 0 radical (unpaired) electrons. The minimum atomic E-state index is -0.544. The molecule has 19 heavy (non-hydrogen) atoms. The number of halogens is 2. The Hall–Kier alpha value is -1.66. The van der Waals surface area contributed by atoms with E-state index in [4.69, 9.17) is 11.6 Å². The highest BCUT2D eigenvalue weighted by Crippen LogP contribution is 2.30. The van der Waals surface area contributed by atoms with Crippen LogP contribution in [0, 0.1) is 10.1 Å². The number of nitrogens with zero attached hydrogens (tertiary/aromatic N) is 2. The summed E-state index contributed by atoms with van der Waals surface area (Å²) in [6, 6.07) is 8.99. The molecule has 0 bridgehead atoms. The molecule has 0 amide bonds. The zero-order chi connectivity index (χ0) is 13.8. The lowest BCUT2D eigenvalue weighted by molar-refractivity contribution is -0.384. The summed E-state index contributed by atoms with van der Waals surface area (Å²) in [6.07, 6.45) is 1.43. The molecule has 5 nitrogen and oxygen atoms in total. The van der Waals surface area contributed by atoms with Gasteiger partial charge < -0.3 is 5.32 Å². The zero-order valence-electron chi connectivity index (χ0n) is 9.64. The van der Waals surface area contributed by atoms with Crippen LogP contribution in [0.3, 0.4) is 0 Å². The number of nitro groups is 1. The fraction of sp³-hybridized carbons (Fsp3) is 0.0833. The van der Waals surface area contributed by atoms with Crippen LogP contribution in [0.15, 0.2) is 41.0 Å². The molecule has 1 aromatic heterocycles. The molecular weight excluding hydrogens is 334 g/mol. The van der Waals surface area contributed by atoms with E-state index in [0.717, 1.165) is 10.0 Å². The van der Waals surface area contributed by atoms with E-state index in [2.05, 4.69) is 26.2 Å². The molecule has 0 spiro atoms. The smallest absolute Gasteiger partial charge is 0.329 e. The average Bonchev–Trinajstić information content (AvgIpc) is 2.37. The van der Waals surface area contributed by atoms with Crippen LogP contribution >= 0.6 is 27.5 Å². The van der Waals surface area contributed by atoms with E-state index in [9.17, 15) is 10.1 Å². The third-order valence-electron chi connectivity index (χ3n) is 2.46. The minimum absolute atomic E-state index is 0.0645. The molecule has 2 aromatic rings. The van der Waals surface area contributed by atoms with Gasteiger partial charge in [0.05, 0.1) is 4.92 Å². The largest absolute Gasteiger partial charge is 0.360 e. The van der Waals surface area contributed by atoms with Crippen molar-refractivity contribution in [1.82, 2.24) is 4.98 Å². The maximum Gasteiger partial charge on any atom is 0.329 e. The van der Waals surface area contributed by atoms with Gasteiger partial charge >= 0.3 is 5.69 Å². The van der Waals surface area contributed by atoms with Crippen molar-refractivity contribution in [2.75, 3.05) is 5.32 Å². The molecule has 0 atom stereocenters. The van der Waals surface area contributed by atoms with Crippen molar-refractivity contribution in [2.45, 2.75) is 6.54 Å². The third-order valence-corrected chi connectivity index (χ3v) is 3.54. The summed E-state index contributed by atoms with van der Waals surface area (Å²) >= 11 is 9.22. The fourth-order valence-corrected chi connectivity index (χ4v) is 2.19. The van der Waals surface area contributed by atoms with Crippen molar-refractivity contribution >= 4 is 39.0 Å². The van der Waals surface area contributed by atoms with Crippen molar-refractivity contribution < 1.29 is 4.92 Å². The maximum atomic E-state index is 11.0. The summed E-state index contributed by atoms with van der Waals surface area (Å²) in [6.45, 7) is 0.412. The van der Waals surface area contributed by atoms with Gasteiger partial charge in [0.2, 0.25) is 5.82 Å². The third kappa shape index (κ3) is 3.21. The number of anilines is 1. The Morgan fingerprint density at radius 2 is 2.11 bits per heavy atom. The van der Waals surface area contributed by atoms with Gasteiger partial charge in [-0.15, -0.1) is 0 Å². The lowest BCUT2D eigenvalue weighted by atomic mass is 10.2. The first-order chi connectivity index (χ1) is 9.09. The minimum Gasteiger partial charge on any atom is -0.360 e. The van der Waals surface area contributed by atoms with Gasteiger partial charge in [0.15, 0.2) is 0 Å². The highest BCUT2D eigenvalue weighted by molar-refractivity contribution is 9.10.